The van der Waals surface area contributed by atoms with Gasteiger partial charge in [-0.05, 0) is 26.3 Å². The number of hydrogen-bond acceptors (Lipinski definition) is 5. The first-order valence-corrected chi connectivity index (χ1v) is 8.22. The van der Waals surface area contributed by atoms with E-state index >= 15 is 0 Å². The zero-order valence-electron chi connectivity index (χ0n) is 13.8. The number of anilines is 1. The largest absolute Gasteiger partial charge is 0.394 e. The molecule has 2 aromatic rings. The molecule has 0 saturated carbocycles. The van der Waals surface area contributed by atoms with Crippen molar-refractivity contribution < 1.29 is 9.90 Å². The van der Waals surface area contributed by atoms with Crippen LogP contribution in [0.25, 0.3) is 0 Å². The van der Waals surface area contributed by atoms with Crippen molar-refractivity contribution in [3.05, 3.63) is 40.9 Å². The molecule has 0 aliphatic carbocycles. The molecule has 0 spiro atoms. The Hall–Kier alpha value is -1.99. The summed E-state index contributed by atoms with van der Waals surface area (Å²) in [5, 5.41) is 21.4. The van der Waals surface area contributed by atoms with Gasteiger partial charge in [0.25, 0.3) is 0 Å². The minimum Gasteiger partial charge on any atom is -0.394 e. The summed E-state index contributed by atoms with van der Waals surface area (Å²) in [5.41, 5.74) is 0.853. The van der Waals surface area contributed by atoms with Gasteiger partial charge >= 0.3 is 6.03 Å². The molecule has 6 nitrogen and oxygen atoms in total. The van der Waals surface area contributed by atoms with Crippen LogP contribution in [0.2, 0.25) is 0 Å². The first-order chi connectivity index (χ1) is 10.9. The van der Waals surface area contributed by atoms with Crippen LogP contribution >= 0.6 is 11.3 Å². The van der Waals surface area contributed by atoms with Crippen LogP contribution in [0.3, 0.4) is 0 Å². The van der Waals surface area contributed by atoms with E-state index in [1.54, 1.807) is 14.0 Å². The molecule has 7 heteroatoms. The number of hydrogen-bond donors (Lipinski definition) is 2. The standard InChI is InChI=1S/C16H22N4O2S/c1-11(10-21)20(4)15(22)17-14-19-18-13(23-14)16(2,3)12-8-6-5-7-9-12/h5-9,11,21H,10H2,1-4H3,(H,17,19,22). The number of amides is 2. The maximum Gasteiger partial charge on any atom is 0.323 e. The lowest BCUT2D eigenvalue weighted by atomic mass is 9.85. The average molecular weight is 334 g/mol. The van der Waals surface area contributed by atoms with Gasteiger partial charge in [0.15, 0.2) is 0 Å². The molecule has 23 heavy (non-hydrogen) atoms. The van der Waals surface area contributed by atoms with Crippen molar-refractivity contribution in [2.24, 2.45) is 0 Å². The summed E-state index contributed by atoms with van der Waals surface area (Å²) < 4.78 is 0. The molecule has 0 bridgehead atoms. The molecule has 0 fully saturated rings. The Morgan fingerprint density at radius 2 is 2.00 bits per heavy atom. The van der Waals surface area contributed by atoms with Crippen LogP contribution in [0.15, 0.2) is 30.3 Å². The lowest BCUT2D eigenvalue weighted by Crippen LogP contribution is -2.40. The van der Waals surface area contributed by atoms with E-state index < -0.39 is 0 Å². The normalized spacial score (nSPS) is 12.7. The van der Waals surface area contributed by atoms with Gasteiger partial charge in [-0.2, -0.15) is 0 Å². The molecular formula is C16H22N4O2S. The van der Waals surface area contributed by atoms with Gasteiger partial charge in [-0.1, -0.05) is 41.7 Å². The minimum atomic E-state index is -0.313. The SMILES string of the molecule is CC(CO)N(C)C(=O)Nc1nnc(C(C)(C)c2ccccc2)s1. The molecule has 1 atom stereocenters. The second kappa shape index (κ2) is 7.06. The van der Waals surface area contributed by atoms with E-state index in [1.165, 1.54) is 16.2 Å². The second-order valence-electron chi connectivity index (χ2n) is 5.98. The molecule has 0 aliphatic heterocycles. The number of aromatic nitrogens is 2. The van der Waals surface area contributed by atoms with Crippen molar-refractivity contribution in [2.75, 3.05) is 19.0 Å². The Morgan fingerprint density at radius 3 is 2.61 bits per heavy atom. The molecule has 2 N–H and O–H groups in total. The van der Waals surface area contributed by atoms with E-state index in [4.69, 9.17) is 5.11 Å². The Labute approximate surface area is 140 Å². The summed E-state index contributed by atoms with van der Waals surface area (Å²) in [6.07, 6.45) is 0. The summed E-state index contributed by atoms with van der Waals surface area (Å²) in [4.78, 5) is 13.5. The minimum absolute atomic E-state index is 0.0909. The van der Waals surface area contributed by atoms with Crippen LogP contribution < -0.4 is 5.32 Å². The van der Waals surface area contributed by atoms with Gasteiger partial charge in [0.1, 0.15) is 5.01 Å². The lowest BCUT2D eigenvalue weighted by molar-refractivity contribution is 0.166. The Balaban J connectivity index is 2.13. The monoisotopic (exact) mass is 334 g/mol. The number of nitrogens with one attached hydrogen (secondary N) is 1. The third-order valence-corrected chi connectivity index (χ3v) is 5.08. The van der Waals surface area contributed by atoms with Crippen LogP contribution in [0.4, 0.5) is 9.93 Å². The molecule has 0 aliphatic rings. The third kappa shape index (κ3) is 3.86. The number of nitrogens with zero attached hydrogens (tertiary/aromatic N) is 3. The van der Waals surface area contributed by atoms with E-state index in [9.17, 15) is 4.79 Å². The maximum absolute atomic E-state index is 12.1. The highest BCUT2D eigenvalue weighted by molar-refractivity contribution is 7.15. The van der Waals surface area contributed by atoms with Crippen LogP contribution in [0, 0.1) is 0 Å². The molecule has 2 rings (SSSR count). The highest BCUT2D eigenvalue weighted by Gasteiger charge is 2.28. The first kappa shape index (κ1) is 17.4. The van der Waals surface area contributed by atoms with E-state index in [2.05, 4.69) is 41.5 Å². The molecule has 1 aromatic carbocycles. The van der Waals surface area contributed by atoms with E-state index in [0.717, 1.165) is 10.6 Å². The van der Waals surface area contributed by atoms with Gasteiger partial charge in [-0.3, -0.25) is 5.32 Å². The maximum atomic E-state index is 12.1. The molecule has 1 unspecified atom stereocenters. The Bertz CT molecular complexity index is 657. The average Bonchev–Trinajstić information content (AvgIpc) is 3.03. The zero-order chi connectivity index (χ0) is 17.0. The smallest absolute Gasteiger partial charge is 0.323 e. The quantitative estimate of drug-likeness (QED) is 0.881. The predicted molar refractivity (Wildman–Crippen MR) is 91.8 cm³/mol. The van der Waals surface area contributed by atoms with Crippen LogP contribution in [-0.4, -0.2) is 45.9 Å². The van der Waals surface area contributed by atoms with Crippen molar-refractivity contribution in [3.8, 4) is 0 Å². The van der Waals surface area contributed by atoms with Crippen molar-refractivity contribution in [3.63, 3.8) is 0 Å². The summed E-state index contributed by atoms with van der Waals surface area (Å²) in [6, 6.07) is 9.49. The van der Waals surface area contributed by atoms with Gasteiger partial charge in [-0.15, -0.1) is 10.2 Å². The Morgan fingerprint density at radius 1 is 1.35 bits per heavy atom. The van der Waals surface area contributed by atoms with E-state index in [0.29, 0.717) is 5.13 Å². The zero-order valence-corrected chi connectivity index (χ0v) is 14.6. The second-order valence-corrected chi connectivity index (χ2v) is 6.95. The topological polar surface area (TPSA) is 78.4 Å². The number of benzene rings is 1. The van der Waals surface area contributed by atoms with Gasteiger partial charge in [0.05, 0.1) is 12.6 Å². The summed E-state index contributed by atoms with van der Waals surface area (Å²) >= 11 is 1.36. The third-order valence-electron chi connectivity index (χ3n) is 3.91. The fourth-order valence-electron chi connectivity index (χ4n) is 2.01. The summed E-state index contributed by atoms with van der Waals surface area (Å²) in [6.45, 7) is 5.83. The Kier molecular flexibility index (Phi) is 5.33. The van der Waals surface area contributed by atoms with Crippen LogP contribution in [-0.2, 0) is 5.41 Å². The molecule has 1 heterocycles. The molecule has 2 amide bonds. The lowest BCUT2D eigenvalue weighted by Gasteiger charge is -2.23. The molecule has 0 radical (unpaired) electrons. The highest BCUT2D eigenvalue weighted by atomic mass is 32.1. The van der Waals surface area contributed by atoms with Crippen molar-refractivity contribution >= 4 is 22.5 Å². The highest BCUT2D eigenvalue weighted by Crippen LogP contribution is 2.34. The summed E-state index contributed by atoms with van der Waals surface area (Å²) in [5.74, 6) is 0. The molecule has 124 valence electrons. The number of rotatable bonds is 5. The molecule has 0 saturated heterocycles. The van der Waals surface area contributed by atoms with Gasteiger partial charge in [-0.25, -0.2) is 4.79 Å². The number of carbonyl (C=O) groups is 1. The van der Waals surface area contributed by atoms with Crippen LogP contribution in [0.5, 0.6) is 0 Å². The molecular weight excluding hydrogens is 312 g/mol. The van der Waals surface area contributed by atoms with Gasteiger partial charge in [0.2, 0.25) is 5.13 Å². The number of urea groups is 1. The number of aliphatic hydroxyl groups is 1. The number of carbonyl (C=O) groups excluding carboxylic acids is 1. The first-order valence-electron chi connectivity index (χ1n) is 7.40. The predicted octanol–water partition coefficient (Wildman–Crippen LogP) is 2.71. The fourth-order valence-corrected chi connectivity index (χ4v) is 2.86. The summed E-state index contributed by atoms with van der Waals surface area (Å²) in [7, 11) is 1.63. The van der Waals surface area contributed by atoms with E-state index in [1.807, 2.05) is 18.2 Å². The van der Waals surface area contributed by atoms with Crippen molar-refractivity contribution in [1.29, 1.82) is 0 Å². The van der Waals surface area contributed by atoms with Crippen LogP contribution in [0.1, 0.15) is 31.3 Å². The fraction of sp³-hybridized carbons (Fsp3) is 0.438. The van der Waals surface area contributed by atoms with Crippen molar-refractivity contribution in [2.45, 2.75) is 32.2 Å². The number of likely N-dealkylation sites (N-methyl/N-ethyl adjacent to an activating group) is 1. The van der Waals surface area contributed by atoms with Crippen molar-refractivity contribution in [1.82, 2.24) is 15.1 Å². The number of aliphatic hydroxyl groups excluding tert-OH is 1. The van der Waals surface area contributed by atoms with E-state index in [-0.39, 0.29) is 24.1 Å². The van der Waals surface area contributed by atoms with Gasteiger partial charge < -0.3 is 10.0 Å². The molecule has 1 aromatic heterocycles. The van der Waals surface area contributed by atoms with Gasteiger partial charge in [0, 0.05) is 12.5 Å².